The van der Waals surface area contributed by atoms with Gasteiger partial charge in [0.2, 0.25) is 0 Å². The van der Waals surface area contributed by atoms with Crippen LogP contribution in [0.2, 0.25) is 0 Å². The van der Waals surface area contributed by atoms with Crippen LogP contribution in [0.4, 0.5) is 0 Å². The minimum absolute atomic E-state index is 0.559. The van der Waals surface area contributed by atoms with E-state index in [1.165, 1.54) is 0 Å². The smallest absolute Gasteiger partial charge is 0.329 e. The number of nitrogens with zero attached hydrogens (tertiary/aromatic N) is 1. The first kappa shape index (κ1) is 14.5. The summed E-state index contributed by atoms with van der Waals surface area (Å²) in [5.74, 6) is -1.28. The first-order valence-electron chi connectivity index (χ1n) is 6.24. The maximum atomic E-state index is 11.1. The summed E-state index contributed by atoms with van der Waals surface area (Å²) in [6, 6.07) is 11.4. The number of methoxy groups -OCH3 is 1. The molecule has 0 atom stereocenters. The van der Waals surface area contributed by atoms with E-state index in [-0.39, 0.29) is 0 Å². The van der Waals surface area contributed by atoms with Crippen LogP contribution in [0, 0.1) is 0 Å². The summed E-state index contributed by atoms with van der Waals surface area (Å²) in [6.45, 7) is 1.73. The zero-order valence-electron chi connectivity index (χ0n) is 11.7. The number of nitrogens with one attached hydrogen (secondary N) is 1. The fraction of sp³-hybridized carbons (Fsp3) is 0.133. The second kappa shape index (κ2) is 6.04. The maximum absolute atomic E-state index is 11.1. The Labute approximate surface area is 121 Å². The van der Waals surface area contributed by atoms with Crippen LogP contribution in [-0.4, -0.2) is 24.6 Å². The number of nitrogens with two attached hydrogens (primary N) is 1. The number of amides is 2. The quantitative estimate of drug-likeness (QED) is 0.503. The van der Waals surface area contributed by atoms with Gasteiger partial charge in [-0.3, -0.25) is 9.59 Å². The standard InChI is InChI=1S/C15H15N3O3/c1-9(17-18-15(20)14(16)19)10-7-8-13(21-2)12-6-4-3-5-11(10)12/h3-8H,1-2H3,(H2,16,19)(H,18,20)/b17-9-. The highest BCUT2D eigenvalue weighted by Crippen LogP contribution is 2.28. The van der Waals surface area contributed by atoms with Gasteiger partial charge in [-0.1, -0.05) is 24.3 Å². The van der Waals surface area contributed by atoms with E-state index in [0.29, 0.717) is 5.71 Å². The normalized spacial score (nSPS) is 11.2. The predicted octanol–water partition coefficient (Wildman–Crippen LogP) is 1.17. The number of rotatable bonds is 3. The number of hydrazone groups is 1. The van der Waals surface area contributed by atoms with E-state index in [1.807, 2.05) is 36.4 Å². The number of hydrogen-bond acceptors (Lipinski definition) is 4. The zero-order chi connectivity index (χ0) is 15.4. The second-order valence-corrected chi connectivity index (χ2v) is 4.36. The molecule has 6 nitrogen and oxygen atoms in total. The largest absolute Gasteiger partial charge is 0.496 e. The van der Waals surface area contributed by atoms with Crippen LogP contribution < -0.4 is 15.9 Å². The lowest BCUT2D eigenvalue weighted by Gasteiger charge is -2.10. The van der Waals surface area contributed by atoms with Crippen LogP contribution in [0.25, 0.3) is 10.8 Å². The lowest BCUT2D eigenvalue weighted by atomic mass is 10.0. The molecule has 0 aliphatic carbocycles. The lowest BCUT2D eigenvalue weighted by molar-refractivity contribution is -0.137. The Morgan fingerprint density at radius 3 is 2.43 bits per heavy atom. The summed E-state index contributed by atoms with van der Waals surface area (Å²) in [6.07, 6.45) is 0. The van der Waals surface area contributed by atoms with Crippen LogP contribution >= 0.6 is 0 Å². The van der Waals surface area contributed by atoms with Gasteiger partial charge in [-0.05, 0) is 24.4 Å². The van der Waals surface area contributed by atoms with Crippen LogP contribution in [0.1, 0.15) is 12.5 Å². The molecule has 3 N–H and O–H groups in total. The van der Waals surface area contributed by atoms with Crippen LogP contribution in [-0.2, 0) is 9.59 Å². The topological polar surface area (TPSA) is 93.8 Å². The number of ether oxygens (including phenoxy) is 1. The number of carbonyl (C=O) groups excluding carboxylic acids is 2. The number of primary amides is 1. The summed E-state index contributed by atoms with van der Waals surface area (Å²) in [7, 11) is 1.61. The van der Waals surface area contributed by atoms with E-state index in [2.05, 4.69) is 10.5 Å². The molecule has 0 bridgehead atoms. The summed E-state index contributed by atoms with van der Waals surface area (Å²) in [5.41, 5.74) is 8.36. The Kier molecular flexibility index (Phi) is 4.18. The third-order valence-electron chi connectivity index (χ3n) is 3.04. The van der Waals surface area contributed by atoms with Crippen LogP contribution in [0.3, 0.4) is 0 Å². The molecule has 2 aromatic rings. The average Bonchev–Trinajstić information content (AvgIpc) is 2.50. The van der Waals surface area contributed by atoms with Crippen molar-refractivity contribution in [1.29, 1.82) is 0 Å². The van der Waals surface area contributed by atoms with E-state index in [0.717, 1.165) is 22.1 Å². The molecule has 0 aliphatic heterocycles. The molecule has 2 aromatic carbocycles. The Morgan fingerprint density at radius 1 is 1.14 bits per heavy atom. The summed E-state index contributed by atoms with van der Waals surface area (Å²) in [4.78, 5) is 21.8. The fourth-order valence-corrected chi connectivity index (χ4v) is 2.01. The molecule has 0 saturated carbocycles. The minimum Gasteiger partial charge on any atom is -0.496 e. The van der Waals surface area contributed by atoms with Gasteiger partial charge >= 0.3 is 11.8 Å². The molecular weight excluding hydrogens is 270 g/mol. The van der Waals surface area contributed by atoms with Crippen LogP contribution in [0.15, 0.2) is 41.5 Å². The number of benzene rings is 2. The molecule has 0 spiro atoms. The van der Waals surface area contributed by atoms with Crippen molar-refractivity contribution < 1.29 is 14.3 Å². The molecular formula is C15H15N3O3. The van der Waals surface area contributed by atoms with Crippen LogP contribution in [0.5, 0.6) is 5.75 Å². The van der Waals surface area contributed by atoms with Gasteiger partial charge in [-0.25, -0.2) is 5.43 Å². The van der Waals surface area contributed by atoms with Gasteiger partial charge in [0, 0.05) is 10.9 Å². The zero-order valence-corrected chi connectivity index (χ0v) is 11.7. The Morgan fingerprint density at radius 2 is 1.81 bits per heavy atom. The summed E-state index contributed by atoms with van der Waals surface area (Å²) < 4.78 is 5.32. The van der Waals surface area contributed by atoms with E-state index in [1.54, 1.807) is 14.0 Å². The lowest BCUT2D eigenvalue weighted by Crippen LogP contribution is -2.33. The van der Waals surface area contributed by atoms with Crippen molar-refractivity contribution in [1.82, 2.24) is 5.43 Å². The van der Waals surface area contributed by atoms with E-state index in [4.69, 9.17) is 10.5 Å². The minimum atomic E-state index is -1.08. The van der Waals surface area contributed by atoms with Crippen molar-refractivity contribution in [2.75, 3.05) is 7.11 Å². The van der Waals surface area contributed by atoms with Gasteiger partial charge in [-0.15, -0.1) is 0 Å². The van der Waals surface area contributed by atoms with Gasteiger partial charge in [-0.2, -0.15) is 5.10 Å². The molecule has 6 heteroatoms. The fourth-order valence-electron chi connectivity index (χ4n) is 2.01. The highest BCUT2D eigenvalue weighted by atomic mass is 16.5. The molecule has 0 fully saturated rings. The van der Waals surface area contributed by atoms with Crippen molar-refractivity contribution in [3.8, 4) is 5.75 Å². The first-order valence-corrected chi connectivity index (χ1v) is 6.24. The Bertz CT molecular complexity index is 738. The highest BCUT2D eigenvalue weighted by Gasteiger charge is 2.10. The van der Waals surface area contributed by atoms with Crippen molar-refractivity contribution >= 4 is 28.3 Å². The molecule has 2 rings (SSSR count). The molecule has 0 radical (unpaired) electrons. The van der Waals surface area contributed by atoms with E-state index in [9.17, 15) is 9.59 Å². The third kappa shape index (κ3) is 3.00. The highest BCUT2D eigenvalue weighted by molar-refractivity contribution is 6.34. The predicted molar refractivity (Wildman–Crippen MR) is 80.0 cm³/mol. The SMILES string of the molecule is COc1ccc(/C(C)=N\NC(=O)C(N)=O)c2ccccc12. The van der Waals surface area contributed by atoms with Gasteiger partial charge in [0.15, 0.2) is 0 Å². The van der Waals surface area contributed by atoms with Gasteiger partial charge in [0.25, 0.3) is 0 Å². The first-order chi connectivity index (χ1) is 10.0. The summed E-state index contributed by atoms with van der Waals surface area (Å²) in [5, 5.41) is 5.77. The van der Waals surface area contributed by atoms with E-state index >= 15 is 0 Å². The Balaban J connectivity index is 2.45. The Hall–Kier alpha value is -2.89. The van der Waals surface area contributed by atoms with Gasteiger partial charge < -0.3 is 10.5 Å². The molecule has 0 aromatic heterocycles. The van der Waals surface area contributed by atoms with Crippen molar-refractivity contribution in [3.63, 3.8) is 0 Å². The van der Waals surface area contributed by atoms with Crippen molar-refractivity contribution in [2.45, 2.75) is 6.92 Å². The maximum Gasteiger partial charge on any atom is 0.329 e. The monoisotopic (exact) mass is 285 g/mol. The summed E-state index contributed by atoms with van der Waals surface area (Å²) >= 11 is 0. The number of fused-ring (bicyclic) bond motifs is 1. The van der Waals surface area contributed by atoms with Crippen molar-refractivity contribution in [3.05, 3.63) is 42.0 Å². The molecule has 108 valence electrons. The third-order valence-corrected chi connectivity index (χ3v) is 3.04. The molecule has 0 aliphatic rings. The number of carbonyl (C=O) groups is 2. The molecule has 2 amide bonds. The second-order valence-electron chi connectivity index (χ2n) is 4.36. The number of hydrogen-bond donors (Lipinski definition) is 2. The molecule has 0 heterocycles. The molecule has 0 saturated heterocycles. The average molecular weight is 285 g/mol. The van der Waals surface area contributed by atoms with Gasteiger partial charge in [0.05, 0.1) is 12.8 Å². The molecule has 0 unspecified atom stereocenters. The van der Waals surface area contributed by atoms with E-state index < -0.39 is 11.8 Å². The van der Waals surface area contributed by atoms with Crippen molar-refractivity contribution in [2.24, 2.45) is 10.8 Å². The van der Waals surface area contributed by atoms with Gasteiger partial charge in [0.1, 0.15) is 5.75 Å². The molecule has 21 heavy (non-hydrogen) atoms.